The molecule has 0 spiro atoms. The molecule has 0 aliphatic carbocycles. The Morgan fingerprint density at radius 2 is 1.85 bits per heavy atom. The summed E-state index contributed by atoms with van der Waals surface area (Å²) in [7, 11) is 0. The quantitative estimate of drug-likeness (QED) is 0.508. The minimum Gasteiger partial charge on any atom is -0.481 e. The summed E-state index contributed by atoms with van der Waals surface area (Å²) in [5, 5.41) is 11.3. The van der Waals surface area contributed by atoms with E-state index in [1.165, 1.54) is 0 Å². The van der Waals surface area contributed by atoms with Crippen LogP contribution >= 0.6 is 0 Å². The second kappa shape index (κ2) is 9.85. The van der Waals surface area contributed by atoms with Crippen molar-refractivity contribution in [3.63, 3.8) is 0 Å². The third kappa shape index (κ3) is 6.41. The van der Waals surface area contributed by atoms with Crippen molar-refractivity contribution in [1.82, 2.24) is 10.2 Å². The highest BCUT2D eigenvalue weighted by atomic mass is 19.4. The maximum atomic E-state index is 13.8. The average molecular weight is 464 g/mol. The SMILES string of the molecule is O=C(O)Cc1ccc2c(c1)CCN(C(=O)CNC(=O)/C=C/c1ccc(C(F)(F)F)cc1F)C2. The van der Waals surface area contributed by atoms with Gasteiger partial charge in [-0.2, -0.15) is 13.2 Å². The van der Waals surface area contributed by atoms with Crippen molar-refractivity contribution in [2.45, 2.75) is 25.6 Å². The van der Waals surface area contributed by atoms with Crippen LogP contribution in [0.1, 0.15) is 27.8 Å². The number of nitrogens with one attached hydrogen (secondary N) is 1. The fourth-order valence-corrected chi connectivity index (χ4v) is 3.44. The minimum absolute atomic E-state index is 0.0775. The van der Waals surface area contributed by atoms with Crippen molar-refractivity contribution in [2.24, 2.45) is 0 Å². The molecule has 2 aromatic rings. The van der Waals surface area contributed by atoms with Gasteiger partial charge in [0.1, 0.15) is 5.82 Å². The van der Waals surface area contributed by atoms with E-state index in [9.17, 15) is 31.9 Å². The smallest absolute Gasteiger partial charge is 0.416 e. The molecule has 1 heterocycles. The predicted octanol–water partition coefficient (Wildman–Crippen LogP) is 3.19. The Morgan fingerprint density at radius 3 is 2.52 bits per heavy atom. The van der Waals surface area contributed by atoms with E-state index in [1.54, 1.807) is 17.0 Å². The normalized spacial score (nSPS) is 13.6. The zero-order valence-corrected chi connectivity index (χ0v) is 17.3. The summed E-state index contributed by atoms with van der Waals surface area (Å²) in [6, 6.07) is 7.28. The first kappa shape index (κ1) is 24.0. The number of nitrogens with zero attached hydrogens (tertiary/aromatic N) is 1. The Kier molecular flexibility index (Phi) is 7.15. The highest BCUT2D eigenvalue weighted by Gasteiger charge is 2.31. The van der Waals surface area contributed by atoms with Crippen molar-refractivity contribution in [2.75, 3.05) is 13.1 Å². The molecule has 0 saturated carbocycles. The molecule has 0 unspecified atom stereocenters. The zero-order chi connectivity index (χ0) is 24.2. The standard InChI is InChI=1S/C23H20F4N2O4/c24-19-11-18(23(25,26)27)5-3-15(19)4-6-20(30)28-12-21(31)29-8-7-16-9-14(10-22(32)33)1-2-17(16)13-29/h1-6,9,11H,7-8,10,12-13H2,(H,28,30)(H,32,33)/b6-4+. The molecule has 1 aliphatic rings. The van der Waals surface area contributed by atoms with Crippen molar-refractivity contribution in [3.05, 3.63) is 76.1 Å². The first-order valence-electron chi connectivity index (χ1n) is 9.96. The van der Waals surface area contributed by atoms with E-state index in [0.717, 1.165) is 29.3 Å². The van der Waals surface area contributed by atoms with Gasteiger partial charge in [-0.3, -0.25) is 14.4 Å². The number of benzene rings is 2. The van der Waals surface area contributed by atoms with Gasteiger partial charge in [0.05, 0.1) is 18.5 Å². The molecular formula is C23H20F4N2O4. The molecule has 2 aromatic carbocycles. The number of aliphatic carboxylic acids is 1. The molecule has 174 valence electrons. The highest BCUT2D eigenvalue weighted by molar-refractivity contribution is 5.94. The van der Waals surface area contributed by atoms with Gasteiger partial charge < -0.3 is 15.3 Å². The number of amides is 2. The third-order valence-electron chi connectivity index (χ3n) is 5.15. The summed E-state index contributed by atoms with van der Waals surface area (Å²) in [6.45, 7) is 0.430. The first-order valence-corrected chi connectivity index (χ1v) is 9.96. The van der Waals surface area contributed by atoms with Gasteiger partial charge in [0.25, 0.3) is 0 Å². The second-order valence-electron chi connectivity index (χ2n) is 7.52. The fourth-order valence-electron chi connectivity index (χ4n) is 3.44. The summed E-state index contributed by atoms with van der Waals surface area (Å²) in [5.74, 6) is -3.08. The average Bonchev–Trinajstić information content (AvgIpc) is 2.75. The summed E-state index contributed by atoms with van der Waals surface area (Å²) in [5.41, 5.74) is 1.23. The molecule has 0 radical (unpaired) electrons. The van der Waals surface area contributed by atoms with Crippen LogP contribution in [-0.4, -0.2) is 40.9 Å². The molecule has 0 fully saturated rings. The number of hydrogen-bond donors (Lipinski definition) is 2. The molecule has 10 heteroatoms. The van der Waals surface area contributed by atoms with Gasteiger partial charge in [0.2, 0.25) is 11.8 Å². The van der Waals surface area contributed by atoms with Crippen LogP contribution in [0.25, 0.3) is 6.08 Å². The Bertz CT molecular complexity index is 1110. The molecule has 1 aliphatic heterocycles. The van der Waals surface area contributed by atoms with E-state index in [4.69, 9.17) is 5.11 Å². The molecule has 0 aromatic heterocycles. The van der Waals surface area contributed by atoms with Gasteiger partial charge in [0.15, 0.2) is 0 Å². The van der Waals surface area contributed by atoms with Crippen LogP contribution in [0.4, 0.5) is 17.6 Å². The number of halogens is 4. The van der Waals surface area contributed by atoms with E-state index < -0.39 is 29.4 Å². The van der Waals surface area contributed by atoms with Crippen LogP contribution in [0.3, 0.4) is 0 Å². The van der Waals surface area contributed by atoms with Crippen LogP contribution in [0.2, 0.25) is 0 Å². The molecule has 0 bridgehead atoms. The monoisotopic (exact) mass is 464 g/mol. The van der Waals surface area contributed by atoms with Gasteiger partial charge in [-0.05, 0) is 41.3 Å². The lowest BCUT2D eigenvalue weighted by Crippen LogP contribution is -2.42. The molecule has 33 heavy (non-hydrogen) atoms. The van der Waals surface area contributed by atoms with Crippen molar-refractivity contribution >= 4 is 23.9 Å². The van der Waals surface area contributed by atoms with E-state index in [2.05, 4.69) is 5.32 Å². The first-order chi connectivity index (χ1) is 15.5. The van der Waals surface area contributed by atoms with Gasteiger partial charge in [-0.25, -0.2) is 4.39 Å². The molecular weight excluding hydrogens is 444 g/mol. The Balaban J connectivity index is 1.53. The number of rotatable bonds is 6. The van der Waals surface area contributed by atoms with Crippen molar-refractivity contribution in [1.29, 1.82) is 0 Å². The van der Waals surface area contributed by atoms with E-state index in [-0.39, 0.29) is 24.4 Å². The number of carbonyl (C=O) groups excluding carboxylic acids is 2. The maximum absolute atomic E-state index is 13.8. The lowest BCUT2D eigenvalue weighted by atomic mass is 9.96. The van der Waals surface area contributed by atoms with Gasteiger partial charge in [0, 0.05) is 24.7 Å². The molecule has 6 nitrogen and oxygen atoms in total. The maximum Gasteiger partial charge on any atom is 0.416 e. The Labute approximate surface area is 186 Å². The van der Waals surface area contributed by atoms with Gasteiger partial charge >= 0.3 is 12.1 Å². The zero-order valence-electron chi connectivity index (χ0n) is 17.3. The summed E-state index contributed by atoms with van der Waals surface area (Å²) >= 11 is 0. The summed E-state index contributed by atoms with van der Waals surface area (Å²) in [6.07, 6.45) is -2.23. The minimum atomic E-state index is -4.67. The number of fused-ring (bicyclic) bond motifs is 1. The van der Waals surface area contributed by atoms with E-state index in [0.29, 0.717) is 37.2 Å². The van der Waals surface area contributed by atoms with Crippen LogP contribution in [0, 0.1) is 5.82 Å². The second-order valence-corrected chi connectivity index (χ2v) is 7.52. The molecule has 2 amide bonds. The van der Waals surface area contributed by atoms with E-state index >= 15 is 0 Å². The topological polar surface area (TPSA) is 86.7 Å². The number of alkyl halides is 3. The van der Waals surface area contributed by atoms with Gasteiger partial charge in [-0.1, -0.05) is 24.3 Å². The lowest BCUT2D eigenvalue weighted by Gasteiger charge is -2.29. The van der Waals surface area contributed by atoms with Crippen molar-refractivity contribution in [3.8, 4) is 0 Å². The number of carboxylic acids is 1. The van der Waals surface area contributed by atoms with Crippen LogP contribution < -0.4 is 5.32 Å². The van der Waals surface area contributed by atoms with Crippen LogP contribution in [0.5, 0.6) is 0 Å². The Hall–Kier alpha value is -3.69. The molecule has 3 rings (SSSR count). The summed E-state index contributed by atoms with van der Waals surface area (Å²) < 4.78 is 51.6. The lowest BCUT2D eigenvalue weighted by molar-refractivity contribution is -0.138. The highest BCUT2D eigenvalue weighted by Crippen LogP contribution is 2.30. The Morgan fingerprint density at radius 1 is 1.09 bits per heavy atom. The predicted molar refractivity (Wildman–Crippen MR) is 110 cm³/mol. The summed E-state index contributed by atoms with van der Waals surface area (Å²) in [4.78, 5) is 36.8. The molecule has 2 N–H and O–H groups in total. The van der Waals surface area contributed by atoms with E-state index in [1.807, 2.05) is 6.07 Å². The third-order valence-corrected chi connectivity index (χ3v) is 5.15. The van der Waals surface area contributed by atoms with Gasteiger partial charge in [-0.15, -0.1) is 0 Å². The van der Waals surface area contributed by atoms with Crippen LogP contribution in [-0.2, 0) is 39.9 Å². The largest absolute Gasteiger partial charge is 0.481 e. The number of carboxylic acid groups (broad SMARTS) is 1. The number of carbonyl (C=O) groups is 3. The van der Waals surface area contributed by atoms with Crippen LogP contribution in [0.15, 0.2) is 42.5 Å². The van der Waals surface area contributed by atoms with Crippen molar-refractivity contribution < 1.29 is 37.1 Å². The number of hydrogen-bond acceptors (Lipinski definition) is 3. The fraction of sp³-hybridized carbons (Fsp3) is 0.261. The molecule has 0 saturated heterocycles. The molecule has 0 atom stereocenters.